The number of rotatable bonds is 10. The Morgan fingerprint density at radius 1 is 1.03 bits per heavy atom. The van der Waals surface area contributed by atoms with Crippen LogP contribution < -0.4 is 4.74 Å². The summed E-state index contributed by atoms with van der Waals surface area (Å²) in [7, 11) is 0. The lowest BCUT2D eigenvalue weighted by Gasteiger charge is -2.29. The SMILES string of the molecule is O=C1C[C@@H]2[C@@H](CC[C@@H](COc3ccccc3)OC3CCCCO3)[C@H](OC(=O)c3ccccc3)C[C@@H]2O1. The zero-order valence-electron chi connectivity index (χ0n) is 20.5. The number of carbonyl (C=O) groups excluding carboxylic acids is 2. The summed E-state index contributed by atoms with van der Waals surface area (Å²) in [5.41, 5.74) is 0.525. The minimum absolute atomic E-state index is 0.0178. The summed E-state index contributed by atoms with van der Waals surface area (Å²) >= 11 is 0. The normalized spacial score (nSPS) is 28.2. The maximum atomic E-state index is 12.8. The quantitative estimate of drug-likeness (QED) is 0.433. The molecule has 2 aliphatic heterocycles. The Morgan fingerprint density at radius 2 is 1.81 bits per heavy atom. The molecule has 0 N–H and O–H groups in total. The van der Waals surface area contributed by atoms with Crippen molar-refractivity contribution < 1.29 is 33.3 Å². The molecule has 6 atom stereocenters. The molecular weight excluding hydrogens is 460 g/mol. The van der Waals surface area contributed by atoms with Crippen molar-refractivity contribution in [2.75, 3.05) is 13.2 Å². The van der Waals surface area contributed by atoms with Crippen LogP contribution in [-0.4, -0.2) is 49.8 Å². The first-order valence-corrected chi connectivity index (χ1v) is 13.1. The third-order valence-corrected chi connectivity index (χ3v) is 7.41. The van der Waals surface area contributed by atoms with E-state index in [2.05, 4.69) is 0 Å². The summed E-state index contributed by atoms with van der Waals surface area (Å²) < 4.78 is 29.7. The van der Waals surface area contributed by atoms with E-state index in [1.54, 1.807) is 12.1 Å². The summed E-state index contributed by atoms with van der Waals surface area (Å²) in [5.74, 6) is 0.351. The van der Waals surface area contributed by atoms with Crippen molar-refractivity contribution in [2.45, 2.75) is 69.5 Å². The molecule has 2 saturated heterocycles. The second-order valence-electron chi connectivity index (χ2n) is 9.86. The Hall–Kier alpha value is -2.90. The molecule has 3 fully saturated rings. The molecule has 2 aromatic rings. The van der Waals surface area contributed by atoms with Crippen LogP contribution in [0.3, 0.4) is 0 Å². The van der Waals surface area contributed by atoms with Crippen molar-refractivity contribution in [3.05, 3.63) is 66.2 Å². The zero-order chi connectivity index (χ0) is 24.7. The van der Waals surface area contributed by atoms with Crippen LogP contribution >= 0.6 is 0 Å². The summed E-state index contributed by atoms with van der Waals surface area (Å²) in [6.45, 7) is 1.11. The number of para-hydroxylation sites is 1. The Morgan fingerprint density at radius 3 is 2.56 bits per heavy atom. The fourth-order valence-electron chi connectivity index (χ4n) is 5.58. The number of benzene rings is 2. The van der Waals surface area contributed by atoms with E-state index in [1.165, 1.54) is 0 Å². The molecule has 1 unspecified atom stereocenters. The number of carbonyl (C=O) groups is 2. The van der Waals surface area contributed by atoms with Gasteiger partial charge in [0.15, 0.2) is 6.29 Å². The minimum Gasteiger partial charge on any atom is -0.491 e. The molecule has 36 heavy (non-hydrogen) atoms. The number of hydrogen-bond acceptors (Lipinski definition) is 7. The second-order valence-corrected chi connectivity index (χ2v) is 9.86. The molecule has 0 aromatic heterocycles. The van der Waals surface area contributed by atoms with Gasteiger partial charge in [-0.15, -0.1) is 0 Å². The van der Waals surface area contributed by atoms with Crippen molar-refractivity contribution in [3.63, 3.8) is 0 Å². The molecule has 3 aliphatic rings. The molecule has 2 heterocycles. The Labute approximate surface area is 212 Å². The van der Waals surface area contributed by atoms with Crippen molar-refractivity contribution in [1.82, 2.24) is 0 Å². The van der Waals surface area contributed by atoms with Crippen LogP contribution in [0.5, 0.6) is 5.75 Å². The van der Waals surface area contributed by atoms with E-state index in [4.69, 9.17) is 23.7 Å². The first kappa shape index (κ1) is 24.8. The molecule has 0 spiro atoms. The monoisotopic (exact) mass is 494 g/mol. The maximum Gasteiger partial charge on any atom is 0.338 e. The minimum atomic E-state index is -0.340. The summed E-state index contributed by atoms with van der Waals surface area (Å²) in [6, 6.07) is 18.7. The van der Waals surface area contributed by atoms with Crippen molar-refractivity contribution >= 4 is 11.9 Å². The van der Waals surface area contributed by atoms with Gasteiger partial charge in [-0.05, 0) is 56.4 Å². The van der Waals surface area contributed by atoms with Gasteiger partial charge in [0.25, 0.3) is 0 Å². The highest BCUT2D eigenvalue weighted by molar-refractivity contribution is 5.89. The Bertz CT molecular complexity index is 989. The molecule has 0 bridgehead atoms. The van der Waals surface area contributed by atoms with Gasteiger partial charge in [-0.2, -0.15) is 0 Å². The van der Waals surface area contributed by atoms with Crippen LogP contribution in [0.2, 0.25) is 0 Å². The second kappa shape index (κ2) is 11.9. The average molecular weight is 495 g/mol. The van der Waals surface area contributed by atoms with Crippen LogP contribution in [0.1, 0.15) is 55.3 Å². The smallest absolute Gasteiger partial charge is 0.338 e. The van der Waals surface area contributed by atoms with E-state index < -0.39 is 0 Å². The third-order valence-electron chi connectivity index (χ3n) is 7.41. The van der Waals surface area contributed by atoms with E-state index in [1.807, 2.05) is 48.5 Å². The predicted octanol–water partition coefficient (Wildman–Crippen LogP) is 4.93. The lowest BCUT2D eigenvalue weighted by molar-refractivity contribution is -0.195. The first-order chi connectivity index (χ1) is 17.7. The summed E-state index contributed by atoms with van der Waals surface area (Å²) in [5, 5.41) is 0. The molecule has 1 saturated carbocycles. The number of ether oxygens (including phenoxy) is 5. The van der Waals surface area contributed by atoms with Gasteiger partial charge in [0.2, 0.25) is 0 Å². The van der Waals surface area contributed by atoms with E-state index in [-0.39, 0.29) is 48.4 Å². The molecule has 7 heteroatoms. The van der Waals surface area contributed by atoms with E-state index in [9.17, 15) is 9.59 Å². The standard InChI is InChI=1S/C29H34O7/c30-27-17-24-23(25(18-26(24)35-27)36-29(31)20-9-3-1-4-10-20)15-14-22(34-28-13-7-8-16-32-28)19-33-21-11-5-2-6-12-21/h1-6,9-12,22-26,28H,7-8,13-19H2/t22-,23+,24+,25+,26-,28?/m0/s1. The van der Waals surface area contributed by atoms with Gasteiger partial charge in [0.05, 0.1) is 18.1 Å². The van der Waals surface area contributed by atoms with Gasteiger partial charge in [0.1, 0.15) is 24.6 Å². The number of hydrogen-bond donors (Lipinski definition) is 0. The van der Waals surface area contributed by atoms with E-state index >= 15 is 0 Å². The molecule has 7 nitrogen and oxygen atoms in total. The lowest BCUT2D eigenvalue weighted by atomic mass is 9.87. The number of esters is 2. The summed E-state index contributed by atoms with van der Waals surface area (Å²) in [4.78, 5) is 24.8. The predicted molar refractivity (Wildman–Crippen MR) is 131 cm³/mol. The van der Waals surface area contributed by atoms with Gasteiger partial charge in [0, 0.05) is 24.9 Å². The van der Waals surface area contributed by atoms with Crippen LogP contribution in [0.25, 0.3) is 0 Å². The molecule has 192 valence electrons. The van der Waals surface area contributed by atoms with E-state index in [0.29, 0.717) is 38.0 Å². The third kappa shape index (κ3) is 6.26. The average Bonchev–Trinajstić information content (AvgIpc) is 3.42. The van der Waals surface area contributed by atoms with Crippen LogP contribution in [0.4, 0.5) is 0 Å². The van der Waals surface area contributed by atoms with Gasteiger partial charge in [-0.3, -0.25) is 4.79 Å². The van der Waals surface area contributed by atoms with Crippen molar-refractivity contribution in [2.24, 2.45) is 11.8 Å². The summed E-state index contributed by atoms with van der Waals surface area (Å²) in [6.07, 6.45) is 4.44. The molecule has 0 radical (unpaired) electrons. The van der Waals surface area contributed by atoms with Gasteiger partial charge in [-0.25, -0.2) is 4.79 Å². The lowest BCUT2D eigenvalue weighted by Crippen LogP contribution is -2.33. The molecular formula is C29H34O7. The maximum absolute atomic E-state index is 12.8. The van der Waals surface area contributed by atoms with Crippen molar-refractivity contribution in [3.8, 4) is 5.75 Å². The first-order valence-electron chi connectivity index (χ1n) is 13.1. The van der Waals surface area contributed by atoms with Crippen LogP contribution in [0, 0.1) is 11.8 Å². The Balaban J connectivity index is 1.25. The zero-order valence-corrected chi connectivity index (χ0v) is 20.5. The molecule has 1 aliphatic carbocycles. The fourth-order valence-corrected chi connectivity index (χ4v) is 5.58. The molecule has 2 aromatic carbocycles. The van der Waals surface area contributed by atoms with Gasteiger partial charge < -0.3 is 23.7 Å². The van der Waals surface area contributed by atoms with Crippen molar-refractivity contribution in [1.29, 1.82) is 0 Å². The van der Waals surface area contributed by atoms with Crippen LogP contribution in [0.15, 0.2) is 60.7 Å². The largest absolute Gasteiger partial charge is 0.491 e. The van der Waals surface area contributed by atoms with Gasteiger partial charge >= 0.3 is 11.9 Å². The van der Waals surface area contributed by atoms with Gasteiger partial charge in [-0.1, -0.05) is 36.4 Å². The molecule has 0 amide bonds. The highest BCUT2D eigenvalue weighted by Crippen LogP contribution is 2.45. The highest BCUT2D eigenvalue weighted by Gasteiger charge is 2.51. The topological polar surface area (TPSA) is 80.3 Å². The highest BCUT2D eigenvalue weighted by atomic mass is 16.7. The van der Waals surface area contributed by atoms with Crippen LogP contribution in [-0.2, 0) is 23.7 Å². The Kier molecular flexibility index (Phi) is 8.18. The van der Waals surface area contributed by atoms with E-state index in [0.717, 1.165) is 31.4 Å². The molecule has 5 rings (SSSR count). The fraction of sp³-hybridized carbons (Fsp3) is 0.517. The number of fused-ring (bicyclic) bond motifs is 1.